The Labute approximate surface area is 114 Å². The van der Waals surface area contributed by atoms with E-state index in [0.717, 1.165) is 22.6 Å². The third-order valence-electron chi connectivity index (χ3n) is 2.56. The van der Waals surface area contributed by atoms with Crippen LogP contribution in [0.4, 0.5) is 0 Å². The van der Waals surface area contributed by atoms with Gasteiger partial charge in [0, 0.05) is 0 Å². The zero-order valence-electron chi connectivity index (χ0n) is 11.1. The predicted molar refractivity (Wildman–Crippen MR) is 77.5 cm³/mol. The fourth-order valence-electron chi connectivity index (χ4n) is 1.62. The highest BCUT2D eigenvalue weighted by Crippen LogP contribution is 2.27. The summed E-state index contributed by atoms with van der Waals surface area (Å²) in [6.45, 7) is 6.81. The Hall–Kier alpha value is -2.22. The van der Waals surface area contributed by atoms with Crippen molar-refractivity contribution >= 4 is 0 Å². The summed E-state index contributed by atoms with van der Waals surface area (Å²) in [5.41, 5.74) is 2.12. The first kappa shape index (κ1) is 13.2. The van der Waals surface area contributed by atoms with E-state index in [1.54, 1.807) is 0 Å². The van der Waals surface area contributed by atoms with Crippen LogP contribution in [0.2, 0.25) is 0 Å². The molecule has 0 radical (unpaired) electrons. The first-order valence-electron chi connectivity index (χ1n) is 6.28. The second kappa shape index (κ2) is 6.64. The van der Waals surface area contributed by atoms with E-state index >= 15 is 0 Å². The standard InChI is InChI=1S/C17H18O2/c1-14(2)12-18-16-10-6-7-11-17(16)19-13-15-8-4-3-5-9-15/h3-11H,1,12-13H2,2H3. The summed E-state index contributed by atoms with van der Waals surface area (Å²) in [5.74, 6) is 1.51. The summed E-state index contributed by atoms with van der Waals surface area (Å²) < 4.78 is 11.5. The molecule has 0 amide bonds. The van der Waals surface area contributed by atoms with Crippen molar-refractivity contribution < 1.29 is 9.47 Å². The van der Waals surface area contributed by atoms with Crippen molar-refractivity contribution in [2.45, 2.75) is 13.5 Å². The summed E-state index contributed by atoms with van der Waals surface area (Å²) in [5, 5.41) is 0. The smallest absolute Gasteiger partial charge is 0.161 e. The highest BCUT2D eigenvalue weighted by atomic mass is 16.5. The Bertz CT molecular complexity index is 532. The van der Waals surface area contributed by atoms with Gasteiger partial charge in [-0.25, -0.2) is 0 Å². The molecule has 2 nitrogen and oxygen atoms in total. The van der Waals surface area contributed by atoms with Crippen molar-refractivity contribution in [2.24, 2.45) is 0 Å². The number of hydrogen-bond acceptors (Lipinski definition) is 2. The minimum Gasteiger partial charge on any atom is -0.485 e. The molecule has 0 saturated carbocycles. The Kier molecular flexibility index (Phi) is 4.62. The molecule has 2 heteroatoms. The lowest BCUT2D eigenvalue weighted by Gasteiger charge is -2.12. The van der Waals surface area contributed by atoms with Crippen molar-refractivity contribution in [3.05, 3.63) is 72.3 Å². The number of rotatable bonds is 6. The number of ether oxygens (including phenoxy) is 2. The third kappa shape index (κ3) is 4.18. The molecule has 0 aliphatic carbocycles. The van der Waals surface area contributed by atoms with Crippen molar-refractivity contribution in [1.29, 1.82) is 0 Å². The van der Waals surface area contributed by atoms with Gasteiger partial charge in [-0.05, 0) is 30.2 Å². The highest BCUT2D eigenvalue weighted by Gasteiger charge is 2.04. The molecule has 0 unspecified atom stereocenters. The van der Waals surface area contributed by atoms with Gasteiger partial charge < -0.3 is 9.47 Å². The van der Waals surface area contributed by atoms with Crippen molar-refractivity contribution in [2.75, 3.05) is 6.61 Å². The maximum Gasteiger partial charge on any atom is 0.161 e. The van der Waals surface area contributed by atoms with Gasteiger partial charge in [0.1, 0.15) is 13.2 Å². The quantitative estimate of drug-likeness (QED) is 0.718. The fraction of sp³-hybridized carbons (Fsp3) is 0.176. The zero-order valence-corrected chi connectivity index (χ0v) is 11.1. The van der Waals surface area contributed by atoms with Gasteiger partial charge >= 0.3 is 0 Å². The molecule has 0 heterocycles. The molecule has 2 aromatic carbocycles. The Morgan fingerprint density at radius 2 is 1.47 bits per heavy atom. The lowest BCUT2D eigenvalue weighted by Crippen LogP contribution is -2.01. The SMILES string of the molecule is C=C(C)COc1ccccc1OCc1ccccc1. The lowest BCUT2D eigenvalue weighted by molar-refractivity contribution is 0.273. The fourth-order valence-corrected chi connectivity index (χ4v) is 1.62. The topological polar surface area (TPSA) is 18.5 Å². The molecule has 0 spiro atoms. The van der Waals surface area contributed by atoms with Crippen LogP contribution in [0.25, 0.3) is 0 Å². The van der Waals surface area contributed by atoms with Crippen molar-refractivity contribution in [3.8, 4) is 11.5 Å². The Morgan fingerprint density at radius 3 is 2.11 bits per heavy atom. The third-order valence-corrected chi connectivity index (χ3v) is 2.56. The van der Waals surface area contributed by atoms with Crippen molar-refractivity contribution in [1.82, 2.24) is 0 Å². The number of benzene rings is 2. The van der Waals surface area contributed by atoms with Crippen LogP contribution in [0.5, 0.6) is 11.5 Å². The maximum absolute atomic E-state index is 5.80. The molecule has 19 heavy (non-hydrogen) atoms. The van der Waals surface area contributed by atoms with Crippen LogP contribution in [-0.4, -0.2) is 6.61 Å². The van der Waals surface area contributed by atoms with Gasteiger partial charge in [0.25, 0.3) is 0 Å². The van der Waals surface area contributed by atoms with E-state index in [0.29, 0.717) is 13.2 Å². The first-order valence-corrected chi connectivity index (χ1v) is 6.28. The molecule has 98 valence electrons. The molecule has 0 aromatic heterocycles. The minimum absolute atomic E-state index is 0.506. The van der Waals surface area contributed by atoms with Crippen LogP contribution in [0.1, 0.15) is 12.5 Å². The minimum atomic E-state index is 0.506. The second-order valence-corrected chi connectivity index (χ2v) is 4.47. The van der Waals surface area contributed by atoms with Crippen LogP contribution >= 0.6 is 0 Å². The molecule has 0 fully saturated rings. The molecule has 2 rings (SSSR count). The molecule has 2 aromatic rings. The van der Waals surface area contributed by atoms with E-state index in [-0.39, 0.29) is 0 Å². The summed E-state index contributed by atoms with van der Waals surface area (Å²) in [6.07, 6.45) is 0. The van der Waals surface area contributed by atoms with Gasteiger partial charge in [0.2, 0.25) is 0 Å². The Morgan fingerprint density at radius 1 is 0.895 bits per heavy atom. The van der Waals surface area contributed by atoms with Crippen LogP contribution in [-0.2, 0) is 6.61 Å². The monoisotopic (exact) mass is 254 g/mol. The van der Waals surface area contributed by atoms with E-state index in [9.17, 15) is 0 Å². The molecule has 0 N–H and O–H groups in total. The largest absolute Gasteiger partial charge is 0.485 e. The first-order chi connectivity index (χ1) is 9.25. The molecule has 0 atom stereocenters. The summed E-state index contributed by atoms with van der Waals surface area (Å²) >= 11 is 0. The number of hydrogen-bond donors (Lipinski definition) is 0. The van der Waals surface area contributed by atoms with E-state index in [2.05, 4.69) is 6.58 Å². The average molecular weight is 254 g/mol. The highest BCUT2D eigenvalue weighted by molar-refractivity contribution is 5.39. The van der Waals surface area contributed by atoms with Crippen LogP contribution in [0, 0.1) is 0 Å². The van der Waals surface area contributed by atoms with Crippen LogP contribution in [0.15, 0.2) is 66.7 Å². The zero-order chi connectivity index (χ0) is 13.5. The van der Waals surface area contributed by atoms with Gasteiger partial charge in [0.05, 0.1) is 0 Å². The van der Waals surface area contributed by atoms with Gasteiger partial charge in [-0.3, -0.25) is 0 Å². The van der Waals surface area contributed by atoms with Gasteiger partial charge in [-0.2, -0.15) is 0 Å². The summed E-state index contributed by atoms with van der Waals surface area (Å²) in [4.78, 5) is 0. The maximum atomic E-state index is 5.80. The van der Waals surface area contributed by atoms with E-state index < -0.39 is 0 Å². The lowest BCUT2D eigenvalue weighted by atomic mass is 10.2. The van der Waals surface area contributed by atoms with Gasteiger partial charge in [0.15, 0.2) is 11.5 Å². The second-order valence-electron chi connectivity index (χ2n) is 4.47. The normalized spacial score (nSPS) is 9.95. The molecule has 0 aliphatic rings. The summed E-state index contributed by atoms with van der Waals surface area (Å²) in [7, 11) is 0. The van der Waals surface area contributed by atoms with E-state index in [1.165, 1.54) is 0 Å². The molecular formula is C17H18O2. The molecule has 0 saturated heterocycles. The Balaban J connectivity index is 2.01. The van der Waals surface area contributed by atoms with Crippen LogP contribution < -0.4 is 9.47 Å². The van der Waals surface area contributed by atoms with Gasteiger partial charge in [-0.1, -0.05) is 49.0 Å². The summed E-state index contributed by atoms with van der Waals surface area (Å²) in [6, 6.07) is 17.8. The molecule has 0 bridgehead atoms. The van der Waals surface area contributed by atoms with Crippen molar-refractivity contribution in [3.63, 3.8) is 0 Å². The average Bonchev–Trinajstić information content (AvgIpc) is 2.45. The molecular weight excluding hydrogens is 236 g/mol. The van der Waals surface area contributed by atoms with Crippen LogP contribution in [0.3, 0.4) is 0 Å². The predicted octanol–water partition coefficient (Wildman–Crippen LogP) is 4.22. The van der Waals surface area contributed by atoms with Gasteiger partial charge in [-0.15, -0.1) is 0 Å². The number of para-hydroxylation sites is 2. The van der Waals surface area contributed by atoms with E-state index in [4.69, 9.17) is 9.47 Å². The van der Waals surface area contributed by atoms with E-state index in [1.807, 2.05) is 61.5 Å². The molecule has 0 aliphatic heterocycles.